The van der Waals surface area contributed by atoms with Crippen LogP contribution in [0.5, 0.6) is 0 Å². The number of aromatic amines is 1. The third-order valence-electron chi connectivity index (χ3n) is 4.68. The molecular weight excluding hydrogens is 314 g/mol. The van der Waals surface area contributed by atoms with Crippen molar-refractivity contribution in [3.05, 3.63) is 52.8 Å². The molecule has 0 saturated heterocycles. The molecule has 3 heterocycles. The minimum atomic E-state index is -0.0394. The molecule has 1 aromatic carbocycles. The first kappa shape index (κ1) is 15.8. The number of aromatic nitrogens is 3. The zero-order valence-corrected chi connectivity index (χ0v) is 14.5. The van der Waals surface area contributed by atoms with Gasteiger partial charge in [-0.15, -0.1) is 0 Å². The van der Waals surface area contributed by atoms with E-state index in [2.05, 4.69) is 43.6 Å². The Balaban J connectivity index is 1.52. The fourth-order valence-corrected chi connectivity index (χ4v) is 3.44. The van der Waals surface area contributed by atoms with E-state index in [1.165, 1.54) is 23.6 Å². The fourth-order valence-electron chi connectivity index (χ4n) is 3.44. The number of nitrogens with zero attached hydrogens (tertiary/aromatic N) is 3. The fraction of sp³-hybridized carbons (Fsp3) is 0.316. The highest BCUT2D eigenvalue weighted by molar-refractivity contribution is 5.88. The van der Waals surface area contributed by atoms with Gasteiger partial charge in [0.15, 0.2) is 5.65 Å². The zero-order chi connectivity index (χ0) is 17.4. The summed E-state index contributed by atoms with van der Waals surface area (Å²) in [6.45, 7) is 6.31. The van der Waals surface area contributed by atoms with E-state index in [0.717, 1.165) is 48.5 Å². The van der Waals surface area contributed by atoms with Crippen molar-refractivity contribution in [3.8, 4) is 0 Å². The predicted molar refractivity (Wildman–Crippen MR) is 97.2 cm³/mol. The summed E-state index contributed by atoms with van der Waals surface area (Å²) in [5.74, 6) is -0.0394. The molecule has 4 rings (SSSR count). The molecule has 0 spiro atoms. The third kappa shape index (κ3) is 3.25. The van der Waals surface area contributed by atoms with Gasteiger partial charge in [0.1, 0.15) is 0 Å². The van der Waals surface area contributed by atoms with Crippen LogP contribution < -0.4 is 5.32 Å². The Morgan fingerprint density at radius 2 is 2.20 bits per heavy atom. The number of fused-ring (bicyclic) bond motifs is 2. The van der Waals surface area contributed by atoms with Crippen LogP contribution in [0.4, 0.5) is 5.69 Å². The molecule has 0 atom stereocenters. The number of carbonyl (C=O) groups is 1. The number of anilines is 1. The van der Waals surface area contributed by atoms with Gasteiger partial charge in [0.2, 0.25) is 5.91 Å². The van der Waals surface area contributed by atoms with E-state index in [1.54, 1.807) is 0 Å². The number of pyridine rings is 1. The van der Waals surface area contributed by atoms with Gasteiger partial charge < -0.3 is 5.32 Å². The summed E-state index contributed by atoms with van der Waals surface area (Å²) in [5.41, 5.74) is 6.53. The first-order valence-electron chi connectivity index (χ1n) is 8.50. The van der Waals surface area contributed by atoms with E-state index in [-0.39, 0.29) is 5.91 Å². The predicted octanol–water partition coefficient (Wildman–Crippen LogP) is 2.78. The number of aryl methyl sites for hydroxylation is 1. The van der Waals surface area contributed by atoms with Crippen molar-refractivity contribution in [1.82, 2.24) is 20.1 Å². The largest absolute Gasteiger partial charge is 0.326 e. The van der Waals surface area contributed by atoms with E-state index in [1.807, 2.05) is 19.2 Å². The van der Waals surface area contributed by atoms with Crippen LogP contribution in [0.3, 0.4) is 0 Å². The Morgan fingerprint density at radius 1 is 1.32 bits per heavy atom. The SMILES string of the molecule is CC(=O)Nc1ccc2c(c1)CN(Cc1cnc3n[nH]c(C)c3c1)CC2. The van der Waals surface area contributed by atoms with Crippen molar-refractivity contribution >= 4 is 22.6 Å². The summed E-state index contributed by atoms with van der Waals surface area (Å²) in [6, 6.07) is 8.37. The number of carbonyl (C=O) groups excluding carboxylic acids is 1. The molecule has 1 aliphatic heterocycles. The minimum absolute atomic E-state index is 0.0394. The Hall–Kier alpha value is -2.73. The molecule has 2 N–H and O–H groups in total. The van der Waals surface area contributed by atoms with Crippen LogP contribution in [-0.4, -0.2) is 32.5 Å². The quantitative estimate of drug-likeness (QED) is 0.772. The van der Waals surface area contributed by atoms with E-state index in [0.29, 0.717) is 0 Å². The molecule has 6 nitrogen and oxygen atoms in total. The molecule has 0 fully saturated rings. The smallest absolute Gasteiger partial charge is 0.221 e. The molecule has 3 aromatic rings. The minimum Gasteiger partial charge on any atom is -0.326 e. The molecule has 128 valence electrons. The summed E-state index contributed by atoms with van der Waals surface area (Å²) in [6.07, 6.45) is 2.93. The monoisotopic (exact) mass is 335 g/mol. The van der Waals surface area contributed by atoms with Crippen molar-refractivity contribution < 1.29 is 4.79 Å². The van der Waals surface area contributed by atoms with E-state index in [9.17, 15) is 4.79 Å². The molecule has 0 radical (unpaired) electrons. The molecule has 0 bridgehead atoms. The van der Waals surface area contributed by atoms with Crippen LogP contribution >= 0.6 is 0 Å². The molecule has 1 amide bonds. The van der Waals surface area contributed by atoms with Crippen LogP contribution in [0, 0.1) is 6.92 Å². The molecule has 0 aliphatic carbocycles. The maximum Gasteiger partial charge on any atom is 0.221 e. The summed E-state index contributed by atoms with van der Waals surface area (Å²) >= 11 is 0. The van der Waals surface area contributed by atoms with Gasteiger partial charge in [-0.05, 0) is 48.2 Å². The van der Waals surface area contributed by atoms with Gasteiger partial charge in [-0.1, -0.05) is 6.07 Å². The van der Waals surface area contributed by atoms with Crippen molar-refractivity contribution in [2.45, 2.75) is 33.4 Å². The molecule has 1 aliphatic rings. The molecule has 0 saturated carbocycles. The van der Waals surface area contributed by atoms with Crippen LogP contribution in [0.2, 0.25) is 0 Å². The van der Waals surface area contributed by atoms with Crippen LogP contribution in [0.25, 0.3) is 11.0 Å². The number of nitrogens with one attached hydrogen (secondary N) is 2. The number of hydrogen-bond acceptors (Lipinski definition) is 4. The first-order valence-corrected chi connectivity index (χ1v) is 8.50. The first-order chi connectivity index (χ1) is 12.1. The lowest BCUT2D eigenvalue weighted by Gasteiger charge is -2.29. The van der Waals surface area contributed by atoms with Crippen molar-refractivity contribution in [3.63, 3.8) is 0 Å². The van der Waals surface area contributed by atoms with Crippen LogP contribution in [0.1, 0.15) is 29.3 Å². The summed E-state index contributed by atoms with van der Waals surface area (Å²) in [4.78, 5) is 18.1. The maximum absolute atomic E-state index is 11.3. The van der Waals surface area contributed by atoms with E-state index < -0.39 is 0 Å². The van der Waals surface area contributed by atoms with Crippen LogP contribution in [-0.2, 0) is 24.3 Å². The van der Waals surface area contributed by atoms with Gasteiger partial charge in [0.25, 0.3) is 0 Å². The lowest BCUT2D eigenvalue weighted by Crippen LogP contribution is -2.30. The molecule has 25 heavy (non-hydrogen) atoms. The normalized spacial score (nSPS) is 14.5. The molecule has 0 unspecified atom stereocenters. The highest BCUT2D eigenvalue weighted by Gasteiger charge is 2.17. The second kappa shape index (κ2) is 6.29. The van der Waals surface area contributed by atoms with Crippen LogP contribution in [0.15, 0.2) is 30.5 Å². The molecular formula is C19H21N5O. The van der Waals surface area contributed by atoms with Gasteiger partial charge in [0.05, 0.1) is 0 Å². The third-order valence-corrected chi connectivity index (χ3v) is 4.68. The lowest BCUT2D eigenvalue weighted by molar-refractivity contribution is -0.114. The molecule has 2 aromatic heterocycles. The highest BCUT2D eigenvalue weighted by Crippen LogP contribution is 2.24. The standard InChI is InChI=1S/C19H21N5O/c1-12-18-7-14(9-20-19(18)23-22-12)10-24-6-5-15-3-4-17(21-13(2)25)8-16(15)11-24/h3-4,7-9H,5-6,10-11H2,1-2H3,(H,21,25)(H,20,22,23). The Morgan fingerprint density at radius 3 is 3.04 bits per heavy atom. The highest BCUT2D eigenvalue weighted by atomic mass is 16.1. The zero-order valence-electron chi connectivity index (χ0n) is 14.5. The number of amides is 1. The van der Waals surface area contributed by atoms with Gasteiger partial charge in [-0.3, -0.25) is 14.8 Å². The number of benzene rings is 1. The van der Waals surface area contributed by atoms with Gasteiger partial charge in [-0.2, -0.15) is 5.10 Å². The second-order valence-corrected chi connectivity index (χ2v) is 6.69. The lowest BCUT2D eigenvalue weighted by atomic mass is 9.98. The summed E-state index contributed by atoms with van der Waals surface area (Å²) in [7, 11) is 0. The Kier molecular flexibility index (Phi) is 3.97. The summed E-state index contributed by atoms with van der Waals surface area (Å²) in [5, 5.41) is 11.1. The molecule has 6 heteroatoms. The Bertz CT molecular complexity index is 946. The van der Waals surface area contributed by atoms with Gasteiger partial charge in [0, 0.05) is 49.5 Å². The summed E-state index contributed by atoms with van der Waals surface area (Å²) < 4.78 is 0. The van der Waals surface area contributed by atoms with E-state index in [4.69, 9.17) is 0 Å². The average Bonchev–Trinajstić information content (AvgIpc) is 2.95. The maximum atomic E-state index is 11.3. The number of hydrogen-bond donors (Lipinski definition) is 2. The van der Waals surface area contributed by atoms with Gasteiger partial charge >= 0.3 is 0 Å². The average molecular weight is 335 g/mol. The van der Waals surface area contributed by atoms with Gasteiger partial charge in [-0.25, -0.2) is 4.98 Å². The number of H-pyrrole nitrogens is 1. The number of rotatable bonds is 3. The topological polar surface area (TPSA) is 73.9 Å². The second-order valence-electron chi connectivity index (χ2n) is 6.69. The van der Waals surface area contributed by atoms with Crippen molar-refractivity contribution in [2.75, 3.05) is 11.9 Å². The van der Waals surface area contributed by atoms with Crippen molar-refractivity contribution in [2.24, 2.45) is 0 Å². The van der Waals surface area contributed by atoms with E-state index >= 15 is 0 Å². The Labute approximate surface area is 146 Å². The van der Waals surface area contributed by atoms with Crippen molar-refractivity contribution in [1.29, 1.82) is 0 Å².